The van der Waals surface area contributed by atoms with Gasteiger partial charge < -0.3 is 13.9 Å². The molecule has 2 aromatic rings. The third-order valence-electron chi connectivity index (χ3n) is 4.67. The number of fused-ring (bicyclic) bond motifs is 1. The predicted molar refractivity (Wildman–Crippen MR) is 83.4 cm³/mol. The van der Waals surface area contributed by atoms with Crippen LogP contribution in [0.3, 0.4) is 0 Å². The Kier molecular flexibility index (Phi) is 2.95. The molecule has 0 unspecified atom stereocenters. The summed E-state index contributed by atoms with van der Waals surface area (Å²) >= 11 is 0. The van der Waals surface area contributed by atoms with Gasteiger partial charge in [-0.2, -0.15) is 5.26 Å². The first-order valence-electron chi connectivity index (χ1n) is 7.10. The maximum atomic E-state index is 9.38. The lowest BCUT2D eigenvalue weighted by molar-refractivity contribution is 0.00578. The van der Waals surface area contributed by atoms with Gasteiger partial charge in [0.1, 0.15) is 0 Å². The molecule has 1 aliphatic rings. The third kappa shape index (κ3) is 2.07. The van der Waals surface area contributed by atoms with E-state index in [0.29, 0.717) is 5.56 Å². The van der Waals surface area contributed by atoms with Gasteiger partial charge in [-0.25, -0.2) is 0 Å². The molecule has 0 aliphatic carbocycles. The fourth-order valence-corrected chi connectivity index (χ4v) is 2.60. The zero-order valence-corrected chi connectivity index (χ0v) is 13.1. The standard InChI is InChI=1S/C16H19BN2O2/c1-15(2)16(3,4)21-17(20-15)12-8-11(10-18)13-6-7-19(5)14(13)9-12/h6-9H,1-5H3. The van der Waals surface area contributed by atoms with Gasteiger partial charge in [-0.05, 0) is 51.4 Å². The Morgan fingerprint density at radius 1 is 1.14 bits per heavy atom. The molecule has 1 saturated heterocycles. The molecule has 0 amide bonds. The second-order valence-corrected chi connectivity index (χ2v) is 6.63. The van der Waals surface area contributed by atoms with Crippen LogP contribution >= 0.6 is 0 Å². The minimum Gasteiger partial charge on any atom is -0.399 e. The van der Waals surface area contributed by atoms with Crippen LogP contribution in [0.5, 0.6) is 0 Å². The minimum absolute atomic E-state index is 0.381. The Morgan fingerprint density at radius 3 is 2.33 bits per heavy atom. The number of hydrogen-bond acceptors (Lipinski definition) is 3. The van der Waals surface area contributed by atoms with Crippen molar-refractivity contribution in [3.8, 4) is 6.07 Å². The lowest BCUT2D eigenvalue weighted by atomic mass is 9.78. The molecule has 4 nitrogen and oxygen atoms in total. The maximum Gasteiger partial charge on any atom is 0.494 e. The van der Waals surface area contributed by atoms with Crippen LogP contribution in [0, 0.1) is 11.3 Å². The predicted octanol–water partition coefficient (Wildman–Crippen LogP) is 2.35. The van der Waals surface area contributed by atoms with E-state index >= 15 is 0 Å². The summed E-state index contributed by atoms with van der Waals surface area (Å²) in [6.07, 6.45) is 1.96. The molecule has 0 N–H and O–H groups in total. The molecule has 0 atom stereocenters. The Bertz CT molecular complexity index is 739. The summed E-state index contributed by atoms with van der Waals surface area (Å²) in [5.41, 5.74) is 1.79. The van der Waals surface area contributed by atoms with Crippen molar-refractivity contribution in [3.63, 3.8) is 0 Å². The molecule has 0 spiro atoms. The van der Waals surface area contributed by atoms with Gasteiger partial charge in [-0.3, -0.25) is 0 Å². The van der Waals surface area contributed by atoms with Gasteiger partial charge in [0.15, 0.2) is 0 Å². The van der Waals surface area contributed by atoms with Crippen LogP contribution in [-0.2, 0) is 16.4 Å². The first-order valence-corrected chi connectivity index (χ1v) is 7.10. The summed E-state index contributed by atoms with van der Waals surface area (Å²) in [5, 5.41) is 10.3. The number of rotatable bonds is 1. The van der Waals surface area contributed by atoms with E-state index in [1.165, 1.54) is 0 Å². The van der Waals surface area contributed by atoms with Gasteiger partial charge in [-0.15, -0.1) is 0 Å². The maximum absolute atomic E-state index is 9.38. The summed E-state index contributed by atoms with van der Waals surface area (Å²) in [6.45, 7) is 8.11. The van der Waals surface area contributed by atoms with Crippen LogP contribution in [0.4, 0.5) is 0 Å². The van der Waals surface area contributed by atoms with Gasteiger partial charge in [0.2, 0.25) is 0 Å². The third-order valence-corrected chi connectivity index (χ3v) is 4.67. The van der Waals surface area contributed by atoms with Crippen molar-refractivity contribution in [2.45, 2.75) is 38.9 Å². The van der Waals surface area contributed by atoms with Gasteiger partial charge in [0.25, 0.3) is 0 Å². The summed E-state index contributed by atoms with van der Waals surface area (Å²) in [6, 6.07) is 8.13. The van der Waals surface area contributed by atoms with Gasteiger partial charge in [0, 0.05) is 24.1 Å². The lowest BCUT2D eigenvalue weighted by Gasteiger charge is -2.32. The number of nitrogens with zero attached hydrogens (tertiary/aromatic N) is 2. The highest BCUT2D eigenvalue weighted by molar-refractivity contribution is 6.62. The van der Waals surface area contributed by atoms with Crippen molar-refractivity contribution in [3.05, 3.63) is 30.0 Å². The van der Waals surface area contributed by atoms with Crippen LogP contribution in [0.2, 0.25) is 0 Å². The van der Waals surface area contributed by atoms with Crippen molar-refractivity contribution >= 4 is 23.5 Å². The van der Waals surface area contributed by atoms with Crippen molar-refractivity contribution in [1.29, 1.82) is 5.26 Å². The van der Waals surface area contributed by atoms with Gasteiger partial charge >= 0.3 is 7.12 Å². The van der Waals surface area contributed by atoms with Crippen LogP contribution < -0.4 is 5.46 Å². The number of benzene rings is 1. The Balaban J connectivity index is 2.11. The molecule has 0 saturated carbocycles. The molecule has 1 aliphatic heterocycles. The quantitative estimate of drug-likeness (QED) is 0.754. The highest BCUT2D eigenvalue weighted by Crippen LogP contribution is 2.36. The molecule has 108 valence electrons. The van der Waals surface area contributed by atoms with Crippen molar-refractivity contribution in [2.24, 2.45) is 7.05 Å². The highest BCUT2D eigenvalue weighted by Gasteiger charge is 2.51. The average molecular weight is 282 g/mol. The molecule has 3 rings (SSSR count). The molecule has 0 bridgehead atoms. The highest BCUT2D eigenvalue weighted by atomic mass is 16.7. The lowest BCUT2D eigenvalue weighted by Crippen LogP contribution is -2.41. The molecule has 21 heavy (non-hydrogen) atoms. The van der Waals surface area contributed by atoms with E-state index in [1.807, 2.05) is 63.7 Å². The van der Waals surface area contributed by atoms with E-state index in [4.69, 9.17) is 9.31 Å². The molecule has 0 radical (unpaired) electrons. The van der Waals surface area contributed by atoms with E-state index in [0.717, 1.165) is 16.4 Å². The Labute approximate surface area is 125 Å². The zero-order chi connectivity index (χ0) is 15.4. The van der Waals surface area contributed by atoms with Crippen LogP contribution in [0.15, 0.2) is 24.4 Å². The normalized spacial score (nSPS) is 19.9. The van der Waals surface area contributed by atoms with Crippen molar-refractivity contribution in [2.75, 3.05) is 0 Å². The van der Waals surface area contributed by atoms with Gasteiger partial charge in [-0.1, -0.05) is 0 Å². The molecular formula is C16H19BN2O2. The van der Waals surface area contributed by atoms with E-state index in [-0.39, 0.29) is 11.2 Å². The Morgan fingerprint density at radius 2 is 1.76 bits per heavy atom. The molecule has 5 heteroatoms. The van der Waals surface area contributed by atoms with Crippen molar-refractivity contribution in [1.82, 2.24) is 4.57 Å². The minimum atomic E-state index is -0.443. The molecule has 1 fully saturated rings. The van der Waals surface area contributed by atoms with E-state index < -0.39 is 7.12 Å². The molecule has 2 heterocycles. The molecule has 1 aromatic carbocycles. The van der Waals surface area contributed by atoms with Crippen molar-refractivity contribution < 1.29 is 9.31 Å². The second kappa shape index (κ2) is 4.36. The fourth-order valence-electron chi connectivity index (χ4n) is 2.60. The van der Waals surface area contributed by atoms with E-state index in [9.17, 15) is 5.26 Å². The average Bonchev–Trinajstić information content (AvgIpc) is 2.87. The topological polar surface area (TPSA) is 47.2 Å². The number of nitriles is 1. The Hall–Kier alpha value is -1.77. The molecule has 1 aromatic heterocycles. The summed E-state index contributed by atoms with van der Waals surface area (Å²) in [7, 11) is 1.53. The molecular weight excluding hydrogens is 263 g/mol. The largest absolute Gasteiger partial charge is 0.494 e. The second-order valence-electron chi connectivity index (χ2n) is 6.63. The zero-order valence-electron chi connectivity index (χ0n) is 13.1. The monoisotopic (exact) mass is 282 g/mol. The smallest absolute Gasteiger partial charge is 0.399 e. The van der Waals surface area contributed by atoms with Gasteiger partial charge in [0.05, 0.1) is 22.8 Å². The van der Waals surface area contributed by atoms with Crippen LogP contribution in [-0.4, -0.2) is 22.9 Å². The number of aryl methyl sites for hydroxylation is 1. The first-order chi connectivity index (χ1) is 9.75. The first kappa shape index (κ1) is 14.2. The number of hydrogen-bond donors (Lipinski definition) is 0. The van der Waals surface area contributed by atoms with Crippen LogP contribution in [0.1, 0.15) is 33.3 Å². The van der Waals surface area contributed by atoms with E-state index in [2.05, 4.69) is 6.07 Å². The van der Waals surface area contributed by atoms with E-state index in [1.54, 1.807) is 0 Å². The summed E-state index contributed by atoms with van der Waals surface area (Å²) in [4.78, 5) is 0. The summed E-state index contributed by atoms with van der Waals surface area (Å²) < 4.78 is 14.2. The van der Waals surface area contributed by atoms with Crippen LogP contribution in [0.25, 0.3) is 10.9 Å². The summed E-state index contributed by atoms with van der Waals surface area (Å²) in [5.74, 6) is 0. The SMILES string of the molecule is Cn1ccc2c(C#N)cc(B3OC(C)(C)C(C)(C)O3)cc21. The number of aromatic nitrogens is 1. The fraction of sp³-hybridized carbons (Fsp3) is 0.438.